The Labute approximate surface area is 286 Å². The van der Waals surface area contributed by atoms with Crippen LogP contribution >= 0.6 is 11.3 Å². The van der Waals surface area contributed by atoms with E-state index < -0.39 is 12.1 Å². The van der Waals surface area contributed by atoms with Gasteiger partial charge in [0, 0.05) is 57.6 Å². The lowest BCUT2D eigenvalue weighted by molar-refractivity contribution is -0.142. The average Bonchev–Trinajstić information content (AvgIpc) is 3.87. The monoisotopic (exact) mass is 668 g/mol. The molecule has 1 N–H and O–H groups in total. The molecule has 6 rings (SSSR count). The predicted octanol–water partition coefficient (Wildman–Crippen LogP) is 5.11. The fourth-order valence-corrected chi connectivity index (χ4v) is 7.54. The van der Waals surface area contributed by atoms with Crippen molar-refractivity contribution < 1.29 is 14.4 Å². The molecule has 1 aromatic carbocycles. The van der Waals surface area contributed by atoms with Crippen LogP contribution in [-0.2, 0) is 14.4 Å². The smallest absolute Gasteiger partial charge is 0.248 e. The van der Waals surface area contributed by atoms with Crippen molar-refractivity contribution >= 4 is 34.9 Å². The highest BCUT2D eigenvalue weighted by Gasteiger charge is 2.39. The van der Waals surface area contributed by atoms with Crippen LogP contribution in [0.1, 0.15) is 63.9 Å². The fourth-order valence-electron chi connectivity index (χ4n) is 6.73. The Morgan fingerprint density at radius 1 is 0.938 bits per heavy atom. The maximum absolute atomic E-state index is 14.2. The molecule has 3 atom stereocenters. The van der Waals surface area contributed by atoms with Crippen LogP contribution in [0.15, 0.2) is 60.5 Å². The summed E-state index contributed by atoms with van der Waals surface area (Å²) in [4.78, 5) is 55.4. The highest BCUT2D eigenvalue weighted by atomic mass is 32.1. The van der Waals surface area contributed by atoms with Gasteiger partial charge in [0.25, 0.3) is 0 Å². The van der Waals surface area contributed by atoms with Crippen molar-refractivity contribution in [2.75, 3.05) is 37.6 Å². The molecule has 48 heavy (non-hydrogen) atoms. The molecule has 3 aromatic heterocycles. The van der Waals surface area contributed by atoms with Gasteiger partial charge in [-0.05, 0) is 61.4 Å². The zero-order valence-corrected chi connectivity index (χ0v) is 29.1. The first-order chi connectivity index (χ1) is 23.1. The SMILES string of the molecule is CC(=O)N1CCN(c2cc(-c3cnn(C(C(=O)N4CCCC4C(=O)NC(C)c4ccc(-c5scnc5C)cc4)C(C)C)c3)ccn2)CC1. The van der Waals surface area contributed by atoms with Crippen LogP contribution in [0, 0.1) is 12.8 Å². The third kappa shape index (κ3) is 6.99. The first kappa shape index (κ1) is 33.3. The second-order valence-electron chi connectivity index (χ2n) is 13.1. The molecule has 5 heterocycles. The predicted molar refractivity (Wildman–Crippen MR) is 187 cm³/mol. The van der Waals surface area contributed by atoms with Gasteiger partial charge in [0.1, 0.15) is 17.9 Å². The van der Waals surface area contributed by atoms with Crippen molar-refractivity contribution in [1.82, 2.24) is 34.9 Å². The quantitative estimate of drug-likeness (QED) is 0.264. The van der Waals surface area contributed by atoms with Crippen molar-refractivity contribution in [3.05, 3.63) is 71.8 Å². The van der Waals surface area contributed by atoms with E-state index in [0.717, 1.165) is 58.2 Å². The van der Waals surface area contributed by atoms with Gasteiger partial charge in [0.2, 0.25) is 17.7 Å². The summed E-state index contributed by atoms with van der Waals surface area (Å²) < 4.78 is 1.75. The van der Waals surface area contributed by atoms with Gasteiger partial charge in [-0.1, -0.05) is 38.1 Å². The van der Waals surface area contributed by atoms with Crippen molar-refractivity contribution in [3.63, 3.8) is 0 Å². The van der Waals surface area contributed by atoms with Gasteiger partial charge in [0.15, 0.2) is 0 Å². The lowest BCUT2D eigenvalue weighted by Gasteiger charge is -2.35. The first-order valence-corrected chi connectivity index (χ1v) is 17.6. The number of carbonyl (C=O) groups excluding carboxylic acids is 3. The summed E-state index contributed by atoms with van der Waals surface area (Å²) in [5, 5.41) is 7.82. The van der Waals surface area contributed by atoms with Crippen LogP contribution in [-0.4, -0.2) is 86.0 Å². The molecule has 2 fully saturated rings. The standard InChI is InChI=1S/C36H44N8O3S/c1-23(2)33(44-21-30(20-39-44)29-12-13-37-32(19-29)42-17-15-41(16-18-42)26(5)45)36(47)43-14-6-7-31(43)35(46)40-24(3)27-8-10-28(11-9-27)34-25(4)38-22-48-34/h8-13,19-24,31,33H,6-7,14-18H2,1-5H3,(H,40,46). The summed E-state index contributed by atoms with van der Waals surface area (Å²) in [7, 11) is 0. The largest absolute Gasteiger partial charge is 0.353 e. The summed E-state index contributed by atoms with van der Waals surface area (Å²) in [6.45, 7) is 12.9. The van der Waals surface area contributed by atoms with Crippen LogP contribution in [0.4, 0.5) is 5.82 Å². The van der Waals surface area contributed by atoms with Crippen molar-refractivity contribution in [2.45, 2.75) is 65.6 Å². The van der Waals surface area contributed by atoms with E-state index in [4.69, 9.17) is 0 Å². The molecule has 252 valence electrons. The molecule has 2 aliphatic heterocycles. The van der Waals surface area contributed by atoms with Crippen LogP contribution in [0.25, 0.3) is 21.6 Å². The summed E-state index contributed by atoms with van der Waals surface area (Å²) >= 11 is 1.62. The molecule has 0 spiro atoms. The average molecular weight is 669 g/mol. The maximum Gasteiger partial charge on any atom is 0.248 e. The number of anilines is 1. The Hall–Kier alpha value is -4.58. The number of piperazine rings is 1. The number of likely N-dealkylation sites (tertiary alicyclic amines) is 1. The second kappa shape index (κ2) is 14.3. The summed E-state index contributed by atoms with van der Waals surface area (Å²) in [5.41, 5.74) is 6.82. The van der Waals surface area contributed by atoms with Crippen LogP contribution < -0.4 is 10.2 Å². The number of hydrogen-bond acceptors (Lipinski definition) is 8. The lowest BCUT2D eigenvalue weighted by atomic mass is 10.0. The Morgan fingerprint density at radius 3 is 2.35 bits per heavy atom. The highest BCUT2D eigenvalue weighted by molar-refractivity contribution is 7.13. The molecule has 2 aliphatic rings. The second-order valence-corrected chi connectivity index (χ2v) is 14.0. The number of hydrogen-bond donors (Lipinski definition) is 1. The molecule has 3 amide bonds. The number of amides is 3. The third-order valence-corrected chi connectivity index (χ3v) is 10.5. The minimum atomic E-state index is -0.548. The molecular formula is C36H44N8O3S. The molecule has 3 unspecified atom stereocenters. The number of nitrogens with one attached hydrogen (secondary N) is 1. The number of benzene rings is 1. The van der Waals surface area contributed by atoms with Gasteiger partial charge < -0.3 is 20.0 Å². The van der Waals surface area contributed by atoms with E-state index >= 15 is 0 Å². The number of rotatable bonds is 9. The van der Waals surface area contributed by atoms with Gasteiger partial charge in [-0.3, -0.25) is 19.1 Å². The van der Waals surface area contributed by atoms with Crippen molar-refractivity contribution in [3.8, 4) is 21.6 Å². The van der Waals surface area contributed by atoms with E-state index in [1.54, 1.807) is 40.2 Å². The summed E-state index contributed by atoms with van der Waals surface area (Å²) in [5.74, 6) is 0.684. The molecule has 11 nitrogen and oxygen atoms in total. The van der Waals surface area contributed by atoms with Crippen molar-refractivity contribution in [1.29, 1.82) is 0 Å². The van der Waals surface area contributed by atoms with Crippen molar-refractivity contribution in [2.24, 2.45) is 5.92 Å². The maximum atomic E-state index is 14.2. The number of pyridine rings is 1. The van der Waals surface area contributed by atoms with Gasteiger partial charge in [-0.2, -0.15) is 5.10 Å². The topological polar surface area (TPSA) is 117 Å². The number of aryl methyl sites for hydroxylation is 1. The summed E-state index contributed by atoms with van der Waals surface area (Å²) in [6.07, 6.45) is 6.89. The normalized spacial score (nSPS) is 17.9. The van der Waals surface area contributed by atoms with E-state index in [1.807, 2.05) is 68.6 Å². The van der Waals surface area contributed by atoms with Gasteiger partial charge in [0.05, 0.1) is 28.3 Å². The molecule has 4 aromatic rings. The Morgan fingerprint density at radius 2 is 1.69 bits per heavy atom. The van der Waals surface area contributed by atoms with Crippen LogP contribution in [0.5, 0.6) is 0 Å². The van der Waals surface area contributed by atoms with E-state index in [0.29, 0.717) is 26.1 Å². The molecule has 2 saturated heterocycles. The minimum absolute atomic E-state index is 0.0419. The van der Waals surface area contributed by atoms with Gasteiger partial charge in [-0.25, -0.2) is 9.97 Å². The highest BCUT2D eigenvalue weighted by Crippen LogP contribution is 2.31. The van der Waals surface area contributed by atoms with Gasteiger partial charge >= 0.3 is 0 Å². The fraction of sp³-hybridized carbons (Fsp3) is 0.444. The Bertz CT molecular complexity index is 1760. The molecule has 0 radical (unpaired) electrons. The van der Waals surface area contributed by atoms with E-state index in [1.165, 1.54) is 0 Å². The zero-order valence-electron chi connectivity index (χ0n) is 28.3. The zero-order chi connectivity index (χ0) is 33.9. The van der Waals surface area contributed by atoms with E-state index in [2.05, 4.69) is 37.4 Å². The molecule has 12 heteroatoms. The molecule has 0 bridgehead atoms. The van der Waals surface area contributed by atoms with E-state index in [9.17, 15) is 14.4 Å². The number of nitrogens with zero attached hydrogens (tertiary/aromatic N) is 7. The molecule has 0 aliphatic carbocycles. The number of thiazole rings is 1. The first-order valence-electron chi connectivity index (χ1n) is 16.7. The van der Waals surface area contributed by atoms with Crippen LogP contribution in [0.2, 0.25) is 0 Å². The molecular weight excluding hydrogens is 625 g/mol. The third-order valence-electron chi connectivity index (χ3n) is 9.51. The summed E-state index contributed by atoms with van der Waals surface area (Å²) in [6, 6.07) is 10.9. The van der Waals surface area contributed by atoms with E-state index in [-0.39, 0.29) is 29.7 Å². The molecule has 0 saturated carbocycles. The Balaban J connectivity index is 1.12. The Kier molecular flexibility index (Phi) is 9.91. The number of carbonyl (C=O) groups is 3. The van der Waals surface area contributed by atoms with Crippen LogP contribution in [0.3, 0.4) is 0 Å². The number of aromatic nitrogens is 4. The lowest BCUT2D eigenvalue weighted by Crippen LogP contribution is -2.49. The van der Waals surface area contributed by atoms with Gasteiger partial charge in [-0.15, -0.1) is 11.3 Å². The minimum Gasteiger partial charge on any atom is -0.353 e.